The van der Waals surface area contributed by atoms with Crippen LogP contribution >= 0.6 is 0 Å². The molecule has 3 rings (SSSR count). The molecule has 2 amide bonds. The molecule has 2 heterocycles. The highest BCUT2D eigenvalue weighted by Crippen LogP contribution is 2.16. The average molecular weight is 310 g/mol. The molecule has 1 atom stereocenters. The van der Waals surface area contributed by atoms with Crippen LogP contribution in [0, 0.1) is 0 Å². The van der Waals surface area contributed by atoms with E-state index in [4.69, 9.17) is 0 Å². The summed E-state index contributed by atoms with van der Waals surface area (Å²) in [5.41, 5.74) is 2.61. The third kappa shape index (κ3) is 3.57. The van der Waals surface area contributed by atoms with Crippen molar-refractivity contribution in [3.05, 3.63) is 60.7 Å². The van der Waals surface area contributed by atoms with Crippen molar-refractivity contribution in [1.29, 1.82) is 0 Å². The fourth-order valence-electron chi connectivity index (χ4n) is 2.29. The molecule has 0 aliphatic heterocycles. The van der Waals surface area contributed by atoms with Crippen LogP contribution in [0.4, 0.5) is 10.5 Å². The molecule has 0 saturated heterocycles. The molecule has 7 heteroatoms. The molecular formula is C16H18N6O. The molecule has 0 aliphatic rings. The third-order valence-electron chi connectivity index (χ3n) is 3.45. The van der Waals surface area contributed by atoms with Gasteiger partial charge in [0, 0.05) is 25.6 Å². The molecule has 0 unspecified atom stereocenters. The lowest BCUT2D eigenvalue weighted by Crippen LogP contribution is -2.31. The molecule has 0 bridgehead atoms. The van der Waals surface area contributed by atoms with Crippen LogP contribution in [0.15, 0.2) is 55.1 Å². The molecule has 0 saturated carbocycles. The quantitative estimate of drug-likeness (QED) is 0.777. The minimum atomic E-state index is -0.269. The summed E-state index contributed by atoms with van der Waals surface area (Å²) in [6.07, 6.45) is 6.95. The number of rotatable bonds is 4. The van der Waals surface area contributed by atoms with Crippen LogP contribution in [-0.2, 0) is 7.05 Å². The Kier molecular flexibility index (Phi) is 4.09. The summed E-state index contributed by atoms with van der Waals surface area (Å²) in [6.45, 7) is 1.94. The van der Waals surface area contributed by atoms with Gasteiger partial charge in [0.15, 0.2) is 0 Å². The van der Waals surface area contributed by atoms with Crippen LogP contribution < -0.4 is 10.6 Å². The van der Waals surface area contributed by atoms with Gasteiger partial charge in [0.05, 0.1) is 23.6 Å². The number of carbonyl (C=O) groups is 1. The van der Waals surface area contributed by atoms with E-state index in [9.17, 15) is 4.79 Å². The largest absolute Gasteiger partial charge is 0.331 e. The van der Waals surface area contributed by atoms with E-state index in [1.54, 1.807) is 35.0 Å². The first-order chi connectivity index (χ1) is 11.1. The monoisotopic (exact) mass is 310 g/mol. The SMILES string of the molecule is C[C@@H](NC(=O)Nc1cnn(C)c1)c1cccc(-n2cccn2)c1. The maximum Gasteiger partial charge on any atom is 0.319 e. The second-order valence-electron chi connectivity index (χ2n) is 5.27. The molecule has 2 N–H and O–H groups in total. The molecule has 118 valence electrons. The Hall–Kier alpha value is -3.09. The molecule has 3 aromatic rings. The Labute approximate surface area is 133 Å². The van der Waals surface area contributed by atoms with Crippen molar-refractivity contribution in [3.8, 4) is 5.69 Å². The van der Waals surface area contributed by atoms with Crippen LogP contribution in [0.5, 0.6) is 0 Å². The van der Waals surface area contributed by atoms with Gasteiger partial charge < -0.3 is 10.6 Å². The number of hydrogen-bond acceptors (Lipinski definition) is 3. The summed E-state index contributed by atoms with van der Waals surface area (Å²) >= 11 is 0. The Balaban J connectivity index is 1.67. The van der Waals surface area contributed by atoms with Crippen molar-refractivity contribution >= 4 is 11.7 Å². The van der Waals surface area contributed by atoms with E-state index in [1.807, 2.05) is 43.5 Å². The first kappa shape index (κ1) is 14.8. The van der Waals surface area contributed by atoms with Gasteiger partial charge in [-0.05, 0) is 30.7 Å². The van der Waals surface area contributed by atoms with E-state index in [2.05, 4.69) is 20.8 Å². The van der Waals surface area contributed by atoms with Gasteiger partial charge >= 0.3 is 6.03 Å². The van der Waals surface area contributed by atoms with Crippen molar-refractivity contribution in [3.63, 3.8) is 0 Å². The molecule has 23 heavy (non-hydrogen) atoms. The molecule has 1 aromatic carbocycles. The predicted octanol–water partition coefficient (Wildman–Crippen LogP) is 2.49. The van der Waals surface area contributed by atoms with Gasteiger partial charge in [-0.1, -0.05) is 12.1 Å². The van der Waals surface area contributed by atoms with Crippen LogP contribution in [0.2, 0.25) is 0 Å². The number of benzene rings is 1. The van der Waals surface area contributed by atoms with Crippen LogP contribution in [0.3, 0.4) is 0 Å². The molecule has 0 fully saturated rings. The second kappa shape index (κ2) is 6.35. The second-order valence-corrected chi connectivity index (χ2v) is 5.27. The van der Waals surface area contributed by atoms with Gasteiger partial charge in [-0.3, -0.25) is 4.68 Å². The van der Waals surface area contributed by atoms with E-state index < -0.39 is 0 Å². The van der Waals surface area contributed by atoms with Crippen molar-refractivity contribution in [1.82, 2.24) is 24.9 Å². The standard InChI is InChI=1S/C16H18N6O/c1-12(19-16(23)20-14-10-18-21(2)11-14)13-5-3-6-15(9-13)22-8-4-7-17-22/h3-12H,1-2H3,(H2,19,20,23)/t12-/m1/s1. The minimum absolute atomic E-state index is 0.137. The lowest BCUT2D eigenvalue weighted by Gasteiger charge is -2.15. The summed E-state index contributed by atoms with van der Waals surface area (Å²) in [6, 6.07) is 9.36. The zero-order valence-corrected chi connectivity index (χ0v) is 13.0. The zero-order valence-electron chi connectivity index (χ0n) is 13.0. The third-order valence-corrected chi connectivity index (χ3v) is 3.45. The highest BCUT2D eigenvalue weighted by molar-refractivity contribution is 5.89. The highest BCUT2D eigenvalue weighted by atomic mass is 16.2. The maximum absolute atomic E-state index is 12.0. The Morgan fingerprint density at radius 1 is 1.26 bits per heavy atom. The lowest BCUT2D eigenvalue weighted by molar-refractivity contribution is 0.249. The van der Waals surface area contributed by atoms with E-state index in [1.165, 1.54) is 0 Å². The smallest absolute Gasteiger partial charge is 0.319 e. The number of nitrogens with zero attached hydrogens (tertiary/aromatic N) is 4. The Morgan fingerprint density at radius 2 is 2.13 bits per heavy atom. The number of amides is 2. The molecular weight excluding hydrogens is 292 g/mol. The fraction of sp³-hybridized carbons (Fsp3) is 0.188. The van der Waals surface area contributed by atoms with Gasteiger partial charge in [0.2, 0.25) is 0 Å². The van der Waals surface area contributed by atoms with E-state index >= 15 is 0 Å². The lowest BCUT2D eigenvalue weighted by atomic mass is 10.1. The van der Waals surface area contributed by atoms with Crippen molar-refractivity contribution in [2.24, 2.45) is 7.05 Å². The van der Waals surface area contributed by atoms with Crippen LogP contribution in [-0.4, -0.2) is 25.6 Å². The number of anilines is 1. The number of hydrogen-bond donors (Lipinski definition) is 2. The highest BCUT2D eigenvalue weighted by Gasteiger charge is 2.11. The minimum Gasteiger partial charge on any atom is -0.331 e. The van der Waals surface area contributed by atoms with E-state index in [-0.39, 0.29) is 12.1 Å². The van der Waals surface area contributed by atoms with Gasteiger partial charge in [0.1, 0.15) is 0 Å². The van der Waals surface area contributed by atoms with Gasteiger partial charge in [-0.2, -0.15) is 10.2 Å². The van der Waals surface area contributed by atoms with Crippen molar-refractivity contribution in [2.75, 3.05) is 5.32 Å². The topological polar surface area (TPSA) is 76.8 Å². The average Bonchev–Trinajstić information content (AvgIpc) is 3.19. The van der Waals surface area contributed by atoms with Gasteiger partial charge in [0.25, 0.3) is 0 Å². The van der Waals surface area contributed by atoms with Crippen molar-refractivity contribution in [2.45, 2.75) is 13.0 Å². The number of aromatic nitrogens is 4. The summed E-state index contributed by atoms with van der Waals surface area (Å²) in [4.78, 5) is 12.0. The van der Waals surface area contributed by atoms with Crippen molar-refractivity contribution < 1.29 is 4.79 Å². The normalized spacial score (nSPS) is 11.9. The predicted molar refractivity (Wildman–Crippen MR) is 87.3 cm³/mol. The summed E-state index contributed by atoms with van der Waals surface area (Å²) < 4.78 is 3.42. The van der Waals surface area contributed by atoms with Gasteiger partial charge in [-0.15, -0.1) is 0 Å². The number of carbonyl (C=O) groups excluding carboxylic acids is 1. The van der Waals surface area contributed by atoms with E-state index in [0.29, 0.717) is 5.69 Å². The summed E-state index contributed by atoms with van der Waals surface area (Å²) in [5, 5.41) is 13.9. The Morgan fingerprint density at radius 3 is 2.83 bits per heavy atom. The van der Waals surface area contributed by atoms with Crippen LogP contribution in [0.1, 0.15) is 18.5 Å². The van der Waals surface area contributed by atoms with Gasteiger partial charge in [-0.25, -0.2) is 9.48 Å². The first-order valence-electron chi connectivity index (χ1n) is 7.28. The molecule has 0 spiro atoms. The Bertz CT molecular complexity index is 793. The van der Waals surface area contributed by atoms with E-state index in [0.717, 1.165) is 11.3 Å². The number of aryl methyl sites for hydroxylation is 1. The number of nitrogens with one attached hydrogen (secondary N) is 2. The summed E-state index contributed by atoms with van der Waals surface area (Å²) in [5.74, 6) is 0. The first-order valence-corrected chi connectivity index (χ1v) is 7.28. The molecule has 2 aromatic heterocycles. The zero-order chi connectivity index (χ0) is 16.2. The fourth-order valence-corrected chi connectivity index (χ4v) is 2.29. The summed E-state index contributed by atoms with van der Waals surface area (Å²) in [7, 11) is 1.80. The molecule has 7 nitrogen and oxygen atoms in total. The molecule has 0 radical (unpaired) electrons. The molecule has 0 aliphatic carbocycles. The maximum atomic E-state index is 12.0. The van der Waals surface area contributed by atoms with Crippen LogP contribution in [0.25, 0.3) is 5.69 Å². The number of urea groups is 1.